The van der Waals surface area contributed by atoms with E-state index in [1.807, 2.05) is 19.1 Å². The summed E-state index contributed by atoms with van der Waals surface area (Å²) >= 11 is 6.14. The predicted octanol–water partition coefficient (Wildman–Crippen LogP) is 3.36. The summed E-state index contributed by atoms with van der Waals surface area (Å²) in [6.07, 6.45) is 4.50. The van der Waals surface area contributed by atoms with Gasteiger partial charge in [0.15, 0.2) is 0 Å². The molecule has 1 aliphatic carbocycles. The first-order valence-electron chi connectivity index (χ1n) is 6.29. The van der Waals surface area contributed by atoms with Crippen molar-refractivity contribution >= 4 is 28.2 Å². The molecule has 0 amide bonds. The highest BCUT2D eigenvalue weighted by molar-refractivity contribution is 6.31. The Morgan fingerprint density at radius 2 is 2.06 bits per heavy atom. The standard InChI is InChI=1S/C14H16ClN3/c1-8-6-9(15)7-11-13(8)17-12-5-3-2-4-10(12)14(11)18-16/h6-7H,2-5,16H2,1H3,(H,17,18). The lowest BCUT2D eigenvalue weighted by molar-refractivity contribution is 0.672. The fourth-order valence-corrected chi connectivity index (χ4v) is 3.09. The molecule has 3 nitrogen and oxygen atoms in total. The van der Waals surface area contributed by atoms with Crippen LogP contribution in [0.15, 0.2) is 12.1 Å². The average molecular weight is 262 g/mol. The molecule has 1 aliphatic rings. The molecule has 94 valence electrons. The van der Waals surface area contributed by atoms with Crippen LogP contribution in [-0.4, -0.2) is 4.98 Å². The lowest BCUT2D eigenvalue weighted by Crippen LogP contribution is -2.15. The maximum absolute atomic E-state index is 6.14. The first kappa shape index (κ1) is 11.8. The Morgan fingerprint density at radius 1 is 1.28 bits per heavy atom. The van der Waals surface area contributed by atoms with Crippen LogP contribution in [0.1, 0.15) is 29.7 Å². The third-order valence-corrected chi connectivity index (χ3v) is 3.88. The maximum atomic E-state index is 6.14. The van der Waals surface area contributed by atoms with E-state index in [-0.39, 0.29) is 0 Å². The van der Waals surface area contributed by atoms with Crippen LogP contribution in [0.5, 0.6) is 0 Å². The van der Waals surface area contributed by atoms with Gasteiger partial charge in [-0.2, -0.15) is 0 Å². The second kappa shape index (κ2) is 4.41. The lowest BCUT2D eigenvalue weighted by Gasteiger charge is -2.21. The normalized spacial score (nSPS) is 14.6. The van der Waals surface area contributed by atoms with Crippen LogP contribution in [0.25, 0.3) is 10.9 Å². The van der Waals surface area contributed by atoms with Crippen LogP contribution < -0.4 is 11.3 Å². The van der Waals surface area contributed by atoms with Crippen molar-refractivity contribution in [2.24, 2.45) is 5.84 Å². The summed E-state index contributed by atoms with van der Waals surface area (Å²) in [4.78, 5) is 4.81. The molecule has 0 unspecified atom stereocenters. The molecule has 4 heteroatoms. The van der Waals surface area contributed by atoms with E-state index in [1.165, 1.54) is 24.1 Å². The number of pyridine rings is 1. The van der Waals surface area contributed by atoms with Crippen molar-refractivity contribution in [1.29, 1.82) is 0 Å². The van der Waals surface area contributed by atoms with Crippen molar-refractivity contribution in [2.45, 2.75) is 32.6 Å². The largest absolute Gasteiger partial charge is 0.323 e. The van der Waals surface area contributed by atoms with E-state index in [2.05, 4.69) is 5.43 Å². The predicted molar refractivity (Wildman–Crippen MR) is 75.9 cm³/mol. The van der Waals surface area contributed by atoms with Crippen molar-refractivity contribution in [3.63, 3.8) is 0 Å². The number of benzene rings is 1. The summed E-state index contributed by atoms with van der Waals surface area (Å²) in [7, 11) is 0. The Bertz CT molecular complexity index is 622. The fourth-order valence-electron chi connectivity index (χ4n) is 2.82. The molecular weight excluding hydrogens is 246 g/mol. The van der Waals surface area contributed by atoms with Gasteiger partial charge in [-0.1, -0.05) is 11.6 Å². The first-order valence-corrected chi connectivity index (χ1v) is 6.66. The van der Waals surface area contributed by atoms with Crippen LogP contribution >= 0.6 is 11.6 Å². The molecule has 1 aromatic carbocycles. The molecule has 0 spiro atoms. The molecule has 3 N–H and O–H groups in total. The Balaban J connectivity index is 2.40. The molecule has 0 bridgehead atoms. The summed E-state index contributed by atoms with van der Waals surface area (Å²) < 4.78 is 0. The molecule has 1 aromatic heterocycles. The summed E-state index contributed by atoms with van der Waals surface area (Å²) in [6, 6.07) is 3.90. The topological polar surface area (TPSA) is 50.9 Å². The van der Waals surface area contributed by atoms with Crippen LogP contribution in [0, 0.1) is 6.92 Å². The van der Waals surface area contributed by atoms with E-state index in [1.54, 1.807) is 0 Å². The van der Waals surface area contributed by atoms with Gasteiger partial charge < -0.3 is 5.43 Å². The van der Waals surface area contributed by atoms with Crippen LogP contribution in [0.4, 0.5) is 5.69 Å². The Morgan fingerprint density at radius 3 is 2.83 bits per heavy atom. The minimum absolute atomic E-state index is 0.731. The number of hydrogen-bond donors (Lipinski definition) is 2. The molecule has 0 aliphatic heterocycles. The number of nitrogens with zero attached hydrogens (tertiary/aromatic N) is 1. The van der Waals surface area contributed by atoms with Crippen LogP contribution in [-0.2, 0) is 12.8 Å². The second-order valence-electron chi connectivity index (χ2n) is 4.88. The van der Waals surface area contributed by atoms with Gasteiger partial charge in [-0.15, -0.1) is 0 Å². The molecule has 1 heterocycles. The zero-order valence-electron chi connectivity index (χ0n) is 10.4. The Kier molecular flexibility index (Phi) is 2.88. The summed E-state index contributed by atoms with van der Waals surface area (Å²) in [6.45, 7) is 2.04. The van der Waals surface area contributed by atoms with Gasteiger partial charge in [0.25, 0.3) is 0 Å². The number of nitrogens with one attached hydrogen (secondary N) is 1. The summed E-state index contributed by atoms with van der Waals surface area (Å²) in [5.41, 5.74) is 8.41. The van der Waals surface area contributed by atoms with E-state index < -0.39 is 0 Å². The van der Waals surface area contributed by atoms with Crippen molar-refractivity contribution in [3.8, 4) is 0 Å². The Hall–Kier alpha value is -1.32. The minimum atomic E-state index is 0.731. The number of rotatable bonds is 1. The van der Waals surface area contributed by atoms with E-state index in [0.29, 0.717) is 0 Å². The second-order valence-corrected chi connectivity index (χ2v) is 5.32. The van der Waals surface area contributed by atoms with Crippen molar-refractivity contribution in [3.05, 3.63) is 34.0 Å². The zero-order valence-corrected chi connectivity index (χ0v) is 11.1. The average Bonchev–Trinajstić information content (AvgIpc) is 2.36. The van der Waals surface area contributed by atoms with Gasteiger partial charge in [0.05, 0.1) is 11.2 Å². The van der Waals surface area contributed by atoms with Gasteiger partial charge in [0.2, 0.25) is 0 Å². The quantitative estimate of drug-likeness (QED) is 0.611. The Labute approximate surface area is 111 Å². The van der Waals surface area contributed by atoms with Gasteiger partial charge in [0.1, 0.15) is 0 Å². The van der Waals surface area contributed by atoms with E-state index in [0.717, 1.165) is 40.0 Å². The van der Waals surface area contributed by atoms with E-state index in [9.17, 15) is 0 Å². The molecule has 0 saturated heterocycles. The summed E-state index contributed by atoms with van der Waals surface area (Å²) in [5, 5.41) is 1.76. The van der Waals surface area contributed by atoms with Crippen molar-refractivity contribution < 1.29 is 0 Å². The monoisotopic (exact) mass is 261 g/mol. The van der Waals surface area contributed by atoms with Gasteiger partial charge in [0, 0.05) is 16.1 Å². The molecule has 0 atom stereocenters. The number of nitrogen functional groups attached to an aromatic ring is 1. The highest BCUT2D eigenvalue weighted by Gasteiger charge is 2.18. The molecule has 2 aromatic rings. The third-order valence-electron chi connectivity index (χ3n) is 3.67. The maximum Gasteiger partial charge on any atom is 0.0756 e. The molecule has 0 radical (unpaired) electrons. The van der Waals surface area contributed by atoms with Crippen molar-refractivity contribution in [1.82, 2.24) is 4.98 Å². The highest BCUT2D eigenvalue weighted by Crippen LogP contribution is 2.35. The highest BCUT2D eigenvalue weighted by atomic mass is 35.5. The van der Waals surface area contributed by atoms with Gasteiger partial charge in [-0.3, -0.25) is 10.8 Å². The number of aryl methyl sites for hydroxylation is 2. The number of hydrogen-bond acceptors (Lipinski definition) is 3. The molecule has 0 fully saturated rings. The zero-order chi connectivity index (χ0) is 12.7. The molecule has 3 rings (SSSR count). The van der Waals surface area contributed by atoms with Crippen LogP contribution in [0.2, 0.25) is 5.02 Å². The summed E-state index contributed by atoms with van der Waals surface area (Å²) in [5.74, 6) is 5.72. The van der Waals surface area contributed by atoms with Gasteiger partial charge >= 0.3 is 0 Å². The smallest absolute Gasteiger partial charge is 0.0756 e. The minimum Gasteiger partial charge on any atom is -0.323 e. The van der Waals surface area contributed by atoms with Gasteiger partial charge in [-0.05, 0) is 55.9 Å². The number of anilines is 1. The van der Waals surface area contributed by atoms with Crippen molar-refractivity contribution in [2.75, 3.05) is 5.43 Å². The lowest BCUT2D eigenvalue weighted by atomic mass is 9.92. The van der Waals surface area contributed by atoms with E-state index >= 15 is 0 Å². The van der Waals surface area contributed by atoms with Crippen LogP contribution in [0.3, 0.4) is 0 Å². The molecular formula is C14H16ClN3. The molecule has 0 saturated carbocycles. The third kappa shape index (κ3) is 1.74. The number of aromatic nitrogens is 1. The fraction of sp³-hybridized carbons (Fsp3) is 0.357. The molecule has 18 heavy (non-hydrogen) atoms. The number of halogens is 1. The first-order chi connectivity index (χ1) is 8.70. The number of hydrazine groups is 1. The number of nitrogens with two attached hydrogens (primary N) is 1. The van der Waals surface area contributed by atoms with Gasteiger partial charge in [-0.25, -0.2) is 0 Å². The number of fused-ring (bicyclic) bond motifs is 2. The van der Waals surface area contributed by atoms with E-state index in [4.69, 9.17) is 22.4 Å². The SMILES string of the molecule is Cc1cc(Cl)cc2c(NN)c3c(nc12)CCCC3.